The van der Waals surface area contributed by atoms with E-state index in [1.54, 1.807) is 6.20 Å². The van der Waals surface area contributed by atoms with Crippen molar-refractivity contribution in [3.05, 3.63) is 54.1 Å². The summed E-state index contributed by atoms with van der Waals surface area (Å²) in [6.07, 6.45) is 9.57. The van der Waals surface area contributed by atoms with Gasteiger partial charge in [-0.3, -0.25) is 14.6 Å². The maximum absolute atomic E-state index is 12.7. The Balaban J connectivity index is 1.30. The first kappa shape index (κ1) is 19.0. The molecule has 2 aromatic rings. The summed E-state index contributed by atoms with van der Waals surface area (Å²) >= 11 is 0. The normalized spacial score (nSPS) is 22.1. The second kappa shape index (κ2) is 7.70. The molecule has 5 rings (SSSR count). The number of benzene rings is 1. The molecular formula is C23H26N4O3. The van der Waals surface area contributed by atoms with E-state index >= 15 is 0 Å². The summed E-state index contributed by atoms with van der Waals surface area (Å²) in [5.74, 6) is 1.05. The summed E-state index contributed by atoms with van der Waals surface area (Å²) in [5, 5.41) is 3.12. The van der Waals surface area contributed by atoms with Crippen LogP contribution in [0.5, 0.6) is 5.75 Å². The molecule has 3 heterocycles. The van der Waals surface area contributed by atoms with Crippen LogP contribution in [0.15, 0.2) is 42.9 Å². The number of rotatable bonds is 4. The standard InChI is InChI=1S/C23H26N4O3/c28-21(26-17-5-6-17)13-16-14-23(30-20-4-2-1-3-18(16)20)7-11-27(12-8-23)22(29)19-15-24-9-10-25-19/h1-4,9-10,15-17H,5-8,11-14H2,(H,26,28). The van der Waals surface area contributed by atoms with Crippen LogP contribution >= 0.6 is 0 Å². The molecule has 7 nitrogen and oxygen atoms in total. The van der Waals surface area contributed by atoms with Gasteiger partial charge < -0.3 is 15.0 Å². The summed E-state index contributed by atoms with van der Waals surface area (Å²) in [6.45, 7) is 1.22. The zero-order valence-electron chi connectivity index (χ0n) is 16.9. The van der Waals surface area contributed by atoms with Crippen molar-refractivity contribution in [2.24, 2.45) is 0 Å². The van der Waals surface area contributed by atoms with Gasteiger partial charge in [0.05, 0.1) is 6.20 Å². The first-order valence-electron chi connectivity index (χ1n) is 10.7. The SMILES string of the molecule is O=C(CC1CC2(CCN(C(=O)c3cnccn3)CC2)Oc2ccccc21)NC1CC1. The number of nitrogens with zero attached hydrogens (tertiary/aromatic N) is 3. The van der Waals surface area contributed by atoms with E-state index in [1.165, 1.54) is 12.4 Å². The maximum Gasteiger partial charge on any atom is 0.274 e. The molecule has 30 heavy (non-hydrogen) atoms. The molecule has 1 aromatic heterocycles. The molecule has 0 radical (unpaired) electrons. The van der Waals surface area contributed by atoms with E-state index in [2.05, 4.69) is 21.4 Å². The minimum Gasteiger partial charge on any atom is -0.487 e. The van der Waals surface area contributed by atoms with Gasteiger partial charge in [0, 0.05) is 56.7 Å². The van der Waals surface area contributed by atoms with E-state index in [4.69, 9.17) is 4.74 Å². The molecule has 1 saturated heterocycles. The maximum atomic E-state index is 12.7. The fourth-order valence-corrected chi connectivity index (χ4v) is 4.66. The second-order valence-electron chi connectivity index (χ2n) is 8.65. The first-order valence-corrected chi connectivity index (χ1v) is 10.7. The van der Waals surface area contributed by atoms with Crippen molar-refractivity contribution in [2.45, 2.75) is 56.1 Å². The van der Waals surface area contributed by atoms with E-state index in [0.717, 1.165) is 43.4 Å². The molecule has 1 spiro atoms. The third kappa shape index (κ3) is 3.88. The molecular weight excluding hydrogens is 380 g/mol. The quantitative estimate of drug-likeness (QED) is 0.844. The number of ether oxygens (including phenoxy) is 1. The van der Waals surface area contributed by atoms with Crippen LogP contribution in [0, 0.1) is 0 Å². The van der Waals surface area contributed by atoms with Crippen LogP contribution in [0.25, 0.3) is 0 Å². The number of hydrogen-bond acceptors (Lipinski definition) is 5. The topological polar surface area (TPSA) is 84.4 Å². The number of carbonyl (C=O) groups is 2. The van der Waals surface area contributed by atoms with Crippen molar-refractivity contribution in [2.75, 3.05) is 13.1 Å². The molecule has 3 aliphatic rings. The Labute approximate surface area is 175 Å². The van der Waals surface area contributed by atoms with E-state index in [-0.39, 0.29) is 23.3 Å². The Hall–Kier alpha value is -2.96. The Morgan fingerprint density at radius 1 is 1.17 bits per heavy atom. The average molecular weight is 406 g/mol. The number of likely N-dealkylation sites (tertiary alicyclic amines) is 1. The number of hydrogen-bond donors (Lipinski definition) is 1. The highest BCUT2D eigenvalue weighted by molar-refractivity contribution is 5.92. The summed E-state index contributed by atoms with van der Waals surface area (Å²) < 4.78 is 6.50. The lowest BCUT2D eigenvalue weighted by Crippen LogP contribution is -2.52. The minimum atomic E-state index is -0.335. The molecule has 0 bridgehead atoms. The highest BCUT2D eigenvalue weighted by atomic mass is 16.5. The van der Waals surface area contributed by atoms with Crippen LogP contribution in [0.4, 0.5) is 0 Å². The van der Waals surface area contributed by atoms with Gasteiger partial charge in [-0.1, -0.05) is 18.2 Å². The molecule has 1 aliphatic carbocycles. The summed E-state index contributed by atoms with van der Waals surface area (Å²) in [7, 11) is 0. The van der Waals surface area contributed by atoms with Gasteiger partial charge in [-0.05, 0) is 30.9 Å². The predicted octanol–water partition coefficient (Wildman–Crippen LogP) is 2.69. The molecule has 1 aromatic carbocycles. The van der Waals surface area contributed by atoms with E-state index in [1.807, 2.05) is 23.1 Å². The molecule has 1 unspecified atom stereocenters. The average Bonchev–Trinajstić information content (AvgIpc) is 3.58. The molecule has 2 fully saturated rings. The van der Waals surface area contributed by atoms with Gasteiger partial charge in [0.2, 0.25) is 5.91 Å². The van der Waals surface area contributed by atoms with Crippen LogP contribution in [-0.2, 0) is 4.79 Å². The first-order chi connectivity index (χ1) is 14.6. The highest BCUT2D eigenvalue weighted by Crippen LogP contribution is 2.46. The molecule has 2 amide bonds. The Bertz CT molecular complexity index is 936. The number of aromatic nitrogens is 2. The van der Waals surface area contributed by atoms with Gasteiger partial charge >= 0.3 is 0 Å². The molecule has 156 valence electrons. The van der Waals surface area contributed by atoms with E-state index < -0.39 is 0 Å². The zero-order valence-corrected chi connectivity index (χ0v) is 16.9. The van der Waals surface area contributed by atoms with Crippen LogP contribution in [0.2, 0.25) is 0 Å². The van der Waals surface area contributed by atoms with Gasteiger partial charge in [-0.15, -0.1) is 0 Å². The van der Waals surface area contributed by atoms with Crippen molar-refractivity contribution in [3.8, 4) is 5.75 Å². The summed E-state index contributed by atoms with van der Waals surface area (Å²) in [5.41, 5.74) is 1.16. The van der Waals surface area contributed by atoms with Gasteiger partial charge in [0.25, 0.3) is 5.91 Å². The molecule has 1 atom stereocenters. The van der Waals surface area contributed by atoms with Gasteiger partial charge in [0.15, 0.2) is 0 Å². The van der Waals surface area contributed by atoms with Crippen molar-refractivity contribution in [3.63, 3.8) is 0 Å². The third-order valence-corrected chi connectivity index (χ3v) is 6.42. The molecule has 1 saturated carbocycles. The fraction of sp³-hybridized carbons (Fsp3) is 0.478. The van der Waals surface area contributed by atoms with Crippen LogP contribution < -0.4 is 10.1 Å². The van der Waals surface area contributed by atoms with Crippen molar-refractivity contribution in [1.82, 2.24) is 20.2 Å². The van der Waals surface area contributed by atoms with Crippen LogP contribution in [-0.4, -0.2) is 51.4 Å². The number of amides is 2. The number of piperidine rings is 1. The van der Waals surface area contributed by atoms with Crippen molar-refractivity contribution < 1.29 is 14.3 Å². The number of carbonyl (C=O) groups excluding carboxylic acids is 2. The summed E-state index contributed by atoms with van der Waals surface area (Å²) in [4.78, 5) is 35.2. The Morgan fingerprint density at radius 3 is 2.70 bits per heavy atom. The number of nitrogens with one attached hydrogen (secondary N) is 1. The van der Waals surface area contributed by atoms with E-state index in [9.17, 15) is 9.59 Å². The van der Waals surface area contributed by atoms with Crippen LogP contribution in [0.1, 0.15) is 60.5 Å². The number of para-hydroxylation sites is 1. The summed E-state index contributed by atoms with van der Waals surface area (Å²) in [6, 6.07) is 8.43. The van der Waals surface area contributed by atoms with Crippen LogP contribution in [0.3, 0.4) is 0 Å². The molecule has 7 heteroatoms. The van der Waals surface area contributed by atoms with Crippen molar-refractivity contribution >= 4 is 11.8 Å². The van der Waals surface area contributed by atoms with Crippen molar-refractivity contribution in [1.29, 1.82) is 0 Å². The smallest absolute Gasteiger partial charge is 0.274 e. The lowest BCUT2D eigenvalue weighted by molar-refractivity contribution is -0.122. The second-order valence-corrected chi connectivity index (χ2v) is 8.65. The predicted molar refractivity (Wildman–Crippen MR) is 110 cm³/mol. The van der Waals surface area contributed by atoms with Gasteiger partial charge in [-0.25, -0.2) is 4.98 Å². The van der Waals surface area contributed by atoms with Gasteiger partial charge in [-0.2, -0.15) is 0 Å². The largest absolute Gasteiger partial charge is 0.487 e. The molecule has 1 N–H and O–H groups in total. The Kier molecular flexibility index (Phi) is 4.89. The zero-order chi connectivity index (χ0) is 20.6. The third-order valence-electron chi connectivity index (χ3n) is 6.42. The van der Waals surface area contributed by atoms with E-state index in [0.29, 0.717) is 31.2 Å². The lowest BCUT2D eigenvalue weighted by atomic mass is 9.76. The lowest BCUT2D eigenvalue weighted by Gasteiger charge is -2.46. The number of fused-ring (bicyclic) bond motifs is 1. The Morgan fingerprint density at radius 2 is 1.97 bits per heavy atom. The fourth-order valence-electron chi connectivity index (χ4n) is 4.66. The monoisotopic (exact) mass is 406 g/mol. The minimum absolute atomic E-state index is 0.0884. The highest BCUT2D eigenvalue weighted by Gasteiger charge is 2.44. The van der Waals surface area contributed by atoms with Gasteiger partial charge in [0.1, 0.15) is 17.0 Å². The molecule has 2 aliphatic heterocycles.